The molecule has 0 radical (unpaired) electrons. The van der Waals surface area contributed by atoms with Gasteiger partial charge in [0.05, 0.1) is 21.4 Å². The fourth-order valence-corrected chi connectivity index (χ4v) is 2.30. The maximum absolute atomic E-state index is 6.06. The van der Waals surface area contributed by atoms with Gasteiger partial charge in [0.2, 0.25) is 0 Å². The van der Waals surface area contributed by atoms with E-state index >= 15 is 0 Å². The lowest BCUT2D eigenvalue weighted by Gasteiger charge is -2.05. The Balaban J connectivity index is 2.07. The fraction of sp³-hybridized carbons (Fsp3) is 0. The van der Waals surface area contributed by atoms with Gasteiger partial charge >= 0.3 is 0 Å². The highest BCUT2D eigenvalue weighted by atomic mass is 35.5. The summed E-state index contributed by atoms with van der Waals surface area (Å²) in [6.07, 6.45) is 3.53. The SMILES string of the molecule is Bc1cc(-c2cccnc2)nn1-c1ccc(Cl)c(Cl)c1. The van der Waals surface area contributed by atoms with Crippen molar-refractivity contribution in [2.24, 2.45) is 0 Å². The van der Waals surface area contributed by atoms with Crippen LogP contribution in [-0.2, 0) is 0 Å². The molecule has 98 valence electrons. The maximum Gasteiger partial charge on any atom is 0.164 e. The van der Waals surface area contributed by atoms with E-state index in [1.807, 2.05) is 36.8 Å². The van der Waals surface area contributed by atoms with Crippen molar-refractivity contribution in [1.82, 2.24) is 14.8 Å². The Hall–Kier alpha value is -1.78. The van der Waals surface area contributed by atoms with Crippen molar-refractivity contribution in [3.05, 3.63) is 58.8 Å². The minimum Gasteiger partial charge on any atom is -0.264 e. The zero-order chi connectivity index (χ0) is 14.1. The molecule has 0 bridgehead atoms. The molecule has 0 saturated heterocycles. The number of aromatic nitrogens is 3. The Morgan fingerprint density at radius 2 is 1.90 bits per heavy atom. The van der Waals surface area contributed by atoms with Gasteiger partial charge in [-0.3, -0.25) is 4.98 Å². The Kier molecular flexibility index (Phi) is 3.51. The van der Waals surface area contributed by atoms with Gasteiger partial charge in [-0.1, -0.05) is 23.2 Å². The molecule has 6 heteroatoms. The average molecular weight is 302 g/mol. The van der Waals surface area contributed by atoms with Crippen LogP contribution in [0.5, 0.6) is 0 Å². The van der Waals surface area contributed by atoms with Gasteiger partial charge < -0.3 is 0 Å². The summed E-state index contributed by atoms with van der Waals surface area (Å²) in [5.41, 5.74) is 3.75. The number of hydrogen-bond donors (Lipinski definition) is 0. The summed E-state index contributed by atoms with van der Waals surface area (Å²) < 4.78 is 1.84. The van der Waals surface area contributed by atoms with Crippen LogP contribution in [0.2, 0.25) is 10.0 Å². The number of benzene rings is 1. The highest BCUT2D eigenvalue weighted by Crippen LogP contribution is 2.24. The van der Waals surface area contributed by atoms with Crippen molar-refractivity contribution in [3.8, 4) is 16.9 Å². The highest BCUT2D eigenvalue weighted by Gasteiger charge is 2.09. The van der Waals surface area contributed by atoms with E-state index in [0.717, 1.165) is 22.5 Å². The van der Waals surface area contributed by atoms with Crippen LogP contribution in [0.1, 0.15) is 0 Å². The third kappa shape index (κ3) is 2.44. The summed E-state index contributed by atoms with van der Waals surface area (Å²) in [7, 11) is 2.00. The zero-order valence-electron chi connectivity index (χ0n) is 10.7. The summed E-state index contributed by atoms with van der Waals surface area (Å²) in [6.45, 7) is 0. The van der Waals surface area contributed by atoms with Gasteiger partial charge in [0.25, 0.3) is 0 Å². The standard InChI is InChI=1S/C14H10BCl2N3/c15-14-7-13(9-2-1-5-18-8-9)19-20(14)10-3-4-11(16)12(17)6-10/h1-8H,15H2. The quantitative estimate of drug-likeness (QED) is 0.681. The van der Waals surface area contributed by atoms with E-state index in [-0.39, 0.29) is 0 Å². The lowest BCUT2D eigenvalue weighted by molar-refractivity contribution is 0.907. The molecule has 0 aliphatic carbocycles. The highest BCUT2D eigenvalue weighted by molar-refractivity contribution is 6.42. The summed E-state index contributed by atoms with van der Waals surface area (Å²) in [6, 6.07) is 11.3. The molecule has 3 rings (SSSR count). The van der Waals surface area contributed by atoms with E-state index in [2.05, 4.69) is 10.1 Å². The van der Waals surface area contributed by atoms with Gasteiger partial charge in [0, 0.05) is 18.0 Å². The lowest BCUT2D eigenvalue weighted by atomic mass is 10.0. The van der Waals surface area contributed by atoms with E-state index in [9.17, 15) is 0 Å². The molecule has 0 spiro atoms. The normalized spacial score (nSPS) is 10.7. The van der Waals surface area contributed by atoms with Crippen LogP contribution in [0.25, 0.3) is 16.9 Å². The van der Waals surface area contributed by atoms with Crippen molar-refractivity contribution in [2.75, 3.05) is 0 Å². The van der Waals surface area contributed by atoms with Gasteiger partial charge in [-0.15, -0.1) is 0 Å². The second-order valence-electron chi connectivity index (χ2n) is 4.42. The monoisotopic (exact) mass is 301 g/mol. The molecule has 0 aliphatic heterocycles. The predicted molar refractivity (Wildman–Crippen MR) is 85.0 cm³/mol. The minimum absolute atomic E-state index is 0.516. The third-order valence-electron chi connectivity index (χ3n) is 2.99. The second kappa shape index (κ2) is 5.31. The van der Waals surface area contributed by atoms with Crippen LogP contribution in [0.3, 0.4) is 0 Å². The average Bonchev–Trinajstić information content (AvgIpc) is 2.85. The van der Waals surface area contributed by atoms with Gasteiger partial charge in [0.1, 0.15) is 0 Å². The first-order valence-corrected chi connectivity index (χ1v) is 6.83. The van der Waals surface area contributed by atoms with Crippen LogP contribution in [-0.4, -0.2) is 22.6 Å². The molecular formula is C14H10BCl2N3. The number of halogens is 2. The van der Waals surface area contributed by atoms with E-state index in [0.29, 0.717) is 10.0 Å². The molecule has 3 aromatic rings. The molecule has 0 atom stereocenters. The molecule has 2 aromatic heterocycles. The molecule has 1 aromatic carbocycles. The molecular weight excluding hydrogens is 292 g/mol. The molecule has 2 heterocycles. The number of rotatable bonds is 2. The largest absolute Gasteiger partial charge is 0.264 e. The van der Waals surface area contributed by atoms with E-state index in [1.165, 1.54) is 0 Å². The Bertz CT molecular complexity index is 756. The molecule has 0 aliphatic rings. The van der Waals surface area contributed by atoms with E-state index in [4.69, 9.17) is 23.2 Å². The number of nitrogens with zero attached hydrogens (tertiary/aromatic N) is 3. The van der Waals surface area contributed by atoms with Gasteiger partial charge in [-0.2, -0.15) is 5.10 Å². The molecule has 0 amide bonds. The first-order chi connectivity index (χ1) is 9.65. The van der Waals surface area contributed by atoms with Crippen LogP contribution >= 0.6 is 23.2 Å². The molecule has 0 saturated carbocycles. The van der Waals surface area contributed by atoms with Crippen LogP contribution in [0.4, 0.5) is 0 Å². The molecule has 0 unspecified atom stereocenters. The van der Waals surface area contributed by atoms with Gasteiger partial charge in [0.15, 0.2) is 7.85 Å². The summed E-state index contributed by atoms with van der Waals surface area (Å²) in [5, 5.41) is 5.65. The van der Waals surface area contributed by atoms with Crippen molar-refractivity contribution < 1.29 is 0 Å². The van der Waals surface area contributed by atoms with E-state index in [1.54, 1.807) is 24.5 Å². The summed E-state index contributed by atoms with van der Waals surface area (Å²) >= 11 is 12.0. The third-order valence-corrected chi connectivity index (χ3v) is 3.73. The summed E-state index contributed by atoms with van der Waals surface area (Å²) in [4.78, 5) is 4.11. The lowest BCUT2D eigenvalue weighted by Crippen LogP contribution is -2.15. The van der Waals surface area contributed by atoms with Gasteiger partial charge in [-0.05, 0) is 42.0 Å². The van der Waals surface area contributed by atoms with Crippen LogP contribution < -0.4 is 5.59 Å². The summed E-state index contributed by atoms with van der Waals surface area (Å²) in [5.74, 6) is 0. The molecule has 20 heavy (non-hydrogen) atoms. The maximum atomic E-state index is 6.06. The van der Waals surface area contributed by atoms with Crippen molar-refractivity contribution in [1.29, 1.82) is 0 Å². The minimum atomic E-state index is 0.516. The first-order valence-electron chi connectivity index (χ1n) is 6.07. The molecule has 0 N–H and O–H groups in total. The van der Waals surface area contributed by atoms with Gasteiger partial charge in [-0.25, -0.2) is 4.68 Å². The Labute approximate surface area is 127 Å². The Morgan fingerprint density at radius 3 is 2.60 bits per heavy atom. The first kappa shape index (κ1) is 13.2. The molecule has 3 nitrogen and oxygen atoms in total. The predicted octanol–water partition coefficient (Wildman–Crippen LogP) is 2.50. The van der Waals surface area contributed by atoms with Crippen LogP contribution in [0, 0.1) is 0 Å². The van der Waals surface area contributed by atoms with E-state index < -0.39 is 0 Å². The smallest absolute Gasteiger partial charge is 0.164 e. The number of hydrogen-bond acceptors (Lipinski definition) is 2. The molecule has 0 fully saturated rings. The topological polar surface area (TPSA) is 30.7 Å². The Morgan fingerprint density at radius 1 is 1.05 bits per heavy atom. The van der Waals surface area contributed by atoms with Crippen molar-refractivity contribution >= 4 is 36.6 Å². The fourth-order valence-electron chi connectivity index (χ4n) is 2.01. The zero-order valence-corrected chi connectivity index (χ0v) is 12.2. The number of pyridine rings is 1. The van der Waals surface area contributed by atoms with Crippen molar-refractivity contribution in [3.63, 3.8) is 0 Å². The second-order valence-corrected chi connectivity index (χ2v) is 5.24. The van der Waals surface area contributed by atoms with Crippen LogP contribution in [0.15, 0.2) is 48.8 Å². The van der Waals surface area contributed by atoms with Crippen molar-refractivity contribution in [2.45, 2.75) is 0 Å².